The molecule has 0 radical (unpaired) electrons. The highest BCUT2D eigenvalue weighted by Crippen LogP contribution is 2.22. The topological polar surface area (TPSA) is 109 Å². The number of nitrogens with one attached hydrogen (secondary N) is 2. The Morgan fingerprint density at radius 3 is 2.12 bits per heavy atom. The zero-order valence-electron chi connectivity index (χ0n) is 15.5. The Kier molecular flexibility index (Phi) is 5.93. The summed E-state index contributed by atoms with van der Waals surface area (Å²) in [6.45, 7) is 9.06. The van der Waals surface area contributed by atoms with Gasteiger partial charge in [-0.3, -0.25) is 9.57 Å². The molecular weight excluding hydrogens is 334 g/mol. The zero-order chi connectivity index (χ0) is 18.9. The minimum Gasteiger partial charge on any atom is -0.444 e. The molecule has 0 aromatic heterocycles. The molecule has 0 aromatic rings. The summed E-state index contributed by atoms with van der Waals surface area (Å²) in [4.78, 5) is 26.3. The number of nitrogens with zero attached hydrogens (tertiary/aromatic N) is 1. The molecule has 1 heterocycles. The van der Waals surface area contributed by atoms with Crippen molar-refractivity contribution >= 4 is 21.7 Å². The van der Waals surface area contributed by atoms with Crippen molar-refractivity contribution in [1.29, 1.82) is 4.78 Å². The smallest absolute Gasteiger partial charge is 0.408 e. The van der Waals surface area contributed by atoms with Gasteiger partial charge in [-0.25, -0.2) is 9.00 Å². The van der Waals surface area contributed by atoms with Crippen molar-refractivity contribution in [3.05, 3.63) is 0 Å². The Balaban J connectivity index is 2.84. The van der Waals surface area contributed by atoms with E-state index in [0.717, 1.165) is 0 Å². The minimum absolute atomic E-state index is 0.240. The van der Waals surface area contributed by atoms with Crippen LogP contribution in [0.25, 0.3) is 0 Å². The number of rotatable bonds is 5. The standard InChI is InChI=1S/C15H29N3O5S/c1-14(2,3)23-13(20)17-11(15(4,5)22-6)12(19)18-8-10(9-18)24(7,16)21/h10-11,16H,8-9H2,1-7H3,(H,17,20). The quantitative estimate of drug-likeness (QED) is 0.763. The van der Waals surface area contributed by atoms with Crippen LogP contribution in [0.5, 0.6) is 0 Å². The fraction of sp³-hybridized carbons (Fsp3) is 0.867. The van der Waals surface area contributed by atoms with E-state index in [1.54, 1.807) is 34.6 Å². The fourth-order valence-electron chi connectivity index (χ4n) is 2.16. The Hall–Kier alpha value is -1.35. The monoisotopic (exact) mass is 363 g/mol. The molecule has 2 amide bonds. The van der Waals surface area contributed by atoms with E-state index in [2.05, 4.69) is 5.32 Å². The highest BCUT2D eigenvalue weighted by molar-refractivity contribution is 7.92. The van der Waals surface area contributed by atoms with Gasteiger partial charge >= 0.3 is 6.09 Å². The van der Waals surface area contributed by atoms with Crippen LogP contribution in [-0.2, 0) is 24.0 Å². The molecular formula is C15H29N3O5S. The van der Waals surface area contributed by atoms with Crippen LogP contribution in [0.15, 0.2) is 0 Å². The van der Waals surface area contributed by atoms with E-state index in [4.69, 9.17) is 14.3 Å². The van der Waals surface area contributed by atoms with Gasteiger partial charge in [-0.15, -0.1) is 0 Å². The van der Waals surface area contributed by atoms with Gasteiger partial charge in [0.15, 0.2) is 0 Å². The predicted octanol–water partition coefficient (Wildman–Crippen LogP) is 1.19. The molecule has 1 rings (SSSR count). The fourth-order valence-corrected chi connectivity index (χ4v) is 3.09. The highest BCUT2D eigenvalue weighted by Gasteiger charge is 2.44. The van der Waals surface area contributed by atoms with Gasteiger partial charge in [-0.05, 0) is 34.6 Å². The number of ether oxygens (including phenoxy) is 2. The van der Waals surface area contributed by atoms with Crippen molar-refractivity contribution in [3.8, 4) is 0 Å². The maximum atomic E-state index is 12.7. The van der Waals surface area contributed by atoms with Crippen LogP contribution in [-0.4, -0.2) is 70.1 Å². The summed E-state index contributed by atoms with van der Waals surface area (Å²) < 4.78 is 29.8. The van der Waals surface area contributed by atoms with Crippen molar-refractivity contribution in [3.63, 3.8) is 0 Å². The third-order valence-electron chi connectivity index (χ3n) is 3.93. The first kappa shape index (κ1) is 20.7. The molecule has 140 valence electrons. The minimum atomic E-state index is -2.68. The van der Waals surface area contributed by atoms with Crippen LogP contribution in [0.4, 0.5) is 4.79 Å². The van der Waals surface area contributed by atoms with Gasteiger partial charge in [-0.2, -0.15) is 0 Å². The highest BCUT2D eigenvalue weighted by atomic mass is 32.2. The molecule has 1 saturated heterocycles. The summed E-state index contributed by atoms with van der Waals surface area (Å²) in [6, 6.07) is -0.947. The SMILES string of the molecule is COC(C)(C)C(NC(=O)OC(C)(C)C)C(=O)N1CC(S(C)(=N)=O)C1. The lowest BCUT2D eigenvalue weighted by Gasteiger charge is -2.43. The molecule has 2 atom stereocenters. The van der Waals surface area contributed by atoms with Crippen molar-refractivity contribution in [2.45, 2.75) is 57.1 Å². The van der Waals surface area contributed by atoms with E-state index in [9.17, 15) is 13.8 Å². The molecule has 0 bridgehead atoms. The molecule has 0 aromatic carbocycles. The summed E-state index contributed by atoms with van der Waals surface area (Å²) in [6.07, 6.45) is 0.664. The maximum absolute atomic E-state index is 12.7. The van der Waals surface area contributed by atoms with E-state index < -0.39 is 33.1 Å². The first-order valence-corrected chi connectivity index (χ1v) is 9.76. The van der Waals surface area contributed by atoms with Gasteiger partial charge in [0.2, 0.25) is 5.91 Å². The van der Waals surface area contributed by atoms with Gasteiger partial charge in [0.25, 0.3) is 0 Å². The molecule has 0 aliphatic carbocycles. The van der Waals surface area contributed by atoms with Gasteiger partial charge in [-0.1, -0.05) is 0 Å². The molecule has 2 N–H and O–H groups in total. The summed E-state index contributed by atoms with van der Waals surface area (Å²) in [5.41, 5.74) is -1.64. The van der Waals surface area contributed by atoms with Crippen LogP contribution >= 0.6 is 0 Å². The Bertz CT molecular complexity index is 589. The van der Waals surface area contributed by atoms with E-state index in [1.165, 1.54) is 18.3 Å². The van der Waals surface area contributed by atoms with Gasteiger partial charge < -0.3 is 19.7 Å². The third-order valence-corrected chi connectivity index (χ3v) is 5.50. The van der Waals surface area contributed by atoms with Gasteiger partial charge in [0, 0.05) is 36.2 Å². The van der Waals surface area contributed by atoms with Crippen LogP contribution < -0.4 is 5.32 Å². The molecule has 2 unspecified atom stereocenters. The van der Waals surface area contributed by atoms with Crippen molar-refractivity contribution in [2.24, 2.45) is 0 Å². The van der Waals surface area contributed by atoms with E-state index in [0.29, 0.717) is 0 Å². The first-order chi connectivity index (χ1) is 10.7. The molecule has 24 heavy (non-hydrogen) atoms. The molecule has 9 heteroatoms. The number of carbonyl (C=O) groups excluding carboxylic acids is 2. The molecule has 1 aliphatic rings. The number of carbonyl (C=O) groups is 2. The van der Waals surface area contributed by atoms with E-state index >= 15 is 0 Å². The normalized spacial score (nSPS) is 19.9. The first-order valence-electron chi connectivity index (χ1n) is 7.73. The molecule has 0 saturated carbocycles. The average Bonchev–Trinajstić information content (AvgIpc) is 2.29. The van der Waals surface area contributed by atoms with Crippen LogP contribution in [0, 0.1) is 4.78 Å². The van der Waals surface area contributed by atoms with Crippen molar-refractivity contribution < 1.29 is 23.3 Å². The number of hydrogen-bond donors (Lipinski definition) is 2. The van der Waals surface area contributed by atoms with Gasteiger partial charge in [0.05, 0.1) is 10.9 Å². The maximum Gasteiger partial charge on any atom is 0.408 e. The molecule has 8 nitrogen and oxygen atoms in total. The number of amides is 2. The number of methoxy groups -OCH3 is 1. The summed E-state index contributed by atoms with van der Waals surface area (Å²) in [5.74, 6) is -0.340. The zero-order valence-corrected chi connectivity index (χ0v) is 16.3. The van der Waals surface area contributed by atoms with Crippen molar-refractivity contribution in [1.82, 2.24) is 10.2 Å². The lowest BCUT2D eigenvalue weighted by molar-refractivity contribution is -0.144. The van der Waals surface area contributed by atoms with Gasteiger partial charge in [0.1, 0.15) is 11.6 Å². The van der Waals surface area contributed by atoms with Crippen molar-refractivity contribution in [2.75, 3.05) is 26.5 Å². The van der Waals surface area contributed by atoms with Crippen LogP contribution in [0.2, 0.25) is 0 Å². The second-order valence-corrected chi connectivity index (χ2v) is 10.1. The molecule has 1 aliphatic heterocycles. The summed E-state index contributed by atoms with van der Waals surface area (Å²) in [7, 11) is -1.23. The summed E-state index contributed by atoms with van der Waals surface area (Å²) >= 11 is 0. The average molecular weight is 363 g/mol. The van der Waals surface area contributed by atoms with Crippen LogP contribution in [0.3, 0.4) is 0 Å². The number of likely N-dealkylation sites (tertiary alicyclic amines) is 1. The predicted molar refractivity (Wildman–Crippen MR) is 91.4 cm³/mol. The lowest BCUT2D eigenvalue weighted by atomic mass is 9.96. The van der Waals surface area contributed by atoms with E-state index in [-0.39, 0.29) is 24.2 Å². The van der Waals surface area contributed by atoms with E-state index in [1.807, 2.05) is 0 Å². The lowest BCUT2D eigenvalue weighted by Crippen LogP contribution is -2.65. The third kappa shape index (κ3) is 5.34. The number of alkyl carbamates (subject to hydrolysis) is 1. The Morgan fingerprint density at radius 2 is 1.75 bits per heavy atom. The molecule has 1 fully saturated rings. The second-order valence-electron chi connectivity index (χ2n) is 7.66. The summed E-state index contributed by atoms with van der Waals surface area (Å²) in [5, 5.41) is 2.23. The Labute approximate surface area is 144 Å². The number of hydrogen-bond acceptors (Lipinski definition) is 6. The second kappa shape index (κ2) is 6.87. The largest absolute Gasteiger partial charge is 0.444 e. The van der Waals surface area contributed by atoms with Crippen LogP contribution in [0.1, 0.15) is 34.6 Å². The molecule has 0 spiro atoms. The Morgan fingerprint density at radius 1 is 1.25 bits per heavy atom.